The number of halogens is 1. The number of benzene rings is 2. The molecule has 0 radical (unpaired) electrons. The van der Waals surface area contributed by atoms with Crippen LogP contribution in [0.3, 0.4) is 0 Å². The molecule has 2 N–H and O–H groups in total. The minimum Gasteiger partial charge on any atom is -0.479 e. The van der Waals surface area contributed by atoms with Crippen molar-refractivity contribution < 1.29 is 9.53 Å². The van der Waals surface area contributed by atoms with Crippen molar-refractivity contribution in [3.8, 4) is 5.75 Å². The summed E-state index contributed by atoms with van der Waals surface area (Å²) in [5, 5.41) is 0.667. The van der Waals surface area contributed by atoms with Crippen molar-refractivity contribution >= 4 is 28.9 Å². The monoisotopic (exact) mass is 302 g/mol. The van der Waals surface area contributed by atoms with E-state index in [9.17, 15) is 4.79 Å². The van der Waals surface area contributed by atoms with E-state index in [0.29, 0.717) is 28.7 Å². The number of anilines is 2. The lowest BCUT2D eigenvalue weighted by atomic mass is 10.1. The minimum atomic E-state index is -0.522. The Bertz CT molecular complexity index is 685. The van der Waals surface area contributed by atoms with Crippen LogP contribution in [0.4, 0.5) is 11.4 Å². The summed E-state index contributed by atoms with van der Waals surface area (Å²) in [4.78, 5) is 14.1. The average Bonchev–Trinajstić information content (AvgIpc) is 2.46. The molecule has 1 atom stereocenters. The molecule has 1 aliphatic rings. The summed E-state index contributed by atoms with van der Waals surface area (Å²) in [7, 11) is 0. The van der Waals surface area contributed by atoms with Gasteiger partial charge in [0.2, 0.25) is 0 Å². The number of nitrogen functional groups attached to an aromatic ring is 1. The Morgan fingerprint density at radius 2 is 1.95 bits per heavy atom. The maximum atomic E-state index is 12.4. The van der Waals surface area contributed by atoms with Gasteiger partial charge in [0.05, 0.1) is 12.2 Å². The lowest BCUT2D eigenvalue weighted by Crippen LogP contribution is -2.44. The normalized spacial score (nSPS) is 17.3. The molecule has 0 fully saturated rings. The van der Waals surface area contributed by atoms with E-state index in [-0.39, 0.29) is 5.91 Å². The fourth-order valence-electron chi connectivity index (χ4n) is 2.42. The number of amides is 1. The molecule has 1 heterocycles. The van der Waals surface area contributed by atoms with Crippen LogP contribution in [0.15, 0.2) is 42.5 Å². The van der Waals surface area contributed by atoms with Gasteiger partial charge in [-0.25, -0.2) is 0 Å². The van der Waals surface area contributed by atoms with Gasteiger partial charge in [-0.05, 0) is 36.8 Å². The lowest BCUT2D eigenvalue weighted by Gasteiger charge is -2.34. The zero-order valence-electron chi connectivity index (χ0n) is 11.5. The molecular formula is C16H15ClN2O2. The van der Waals surface area contributed by atoms with Gasteiger partial charge in [0, 0.05) is 5.02 Å². The second-order valence-corrected chi connectivity index (χ2v) is 5.44. The van der Waals surface area contributed by atoms with Crippen LogP contribution in [0.25, 0.3) is 0 Å². The average molecular weight is 303 g/mol. The number of carbonyl (C=O) groups excluding carboxylic acids is 1. The molecule has 0 aromatic heterocycles. The van der Waals surface area contributed by atoms with Crippen LogP contribution in [-0.2, 0) is 11.3 Å². The minimum absolute atomic E-state index is 0.102. The van der Waals surface area contributed by atoms with Gasteiger partial charge >= 0.3 is 0 Å². The van der Waals surface area contributed by atoms with Crippen LogP contribution < -0.4 is 15.4 Å². The van der Waals surface area contributed by atoms with Gasteiger partial charge in [-0.1, -0.05) is 29.8 Å². The van der Waals surface area contributed by atoms with Crippen molar-refractivity contribution in [2.45, 2.75) is 19.6 Å². The Morgan fingerprint density at radius 1 is 1.24 bits per heavy atom. The molecular weight excluding hydrogens is 288 g/mol. The first kappa shape index (κ1) is 13.8. The lowest BCUT2D eigenvalue weighted by molar-refractivity contribution is -0.125. The maximum absolute atomic E-state index is 12.4. The van der Waals surface area contributed by atoms with E-state index in [0.717, 1.165) is 5.56 Å². The maximum Gasteiger partial charge on any atom is 0.268 e. The van der Waals surface area contributed by atoms with Crippen molar-refractivity contribution in [3.05, 3.63) is 53.1 Å². The molecule has 21 heavy (non-hydrogen) atoms. The Morgan fingerprint density at radius 3 is 2.67 bits per heavy atom. The van der Waals surface area contributed by atoms with Crippen LogP contribution in [-0.4, -0.2) is 12.0 Å². The summed E-state index contributed by atoms with van der Waals surface area (Å²) in [5.74, 6) is 0.534. The molecule has 4 nitrogen and oxygen atoms in total. The first-order valence-corrected chi connectivity index (χ1v) is 7.05. The number of para-hydroxylation sites is 1. The highest BCUT2D eigenvalue weighted by molar-refractivity contribution is 6.30. The standard InChI is InChI=1S/C16H15ClN2O2/c1-10-16(20)19(9-11-5-7-12(17)8-6-11)15-13(18)3-2-4-14(15)21-10/h2-8,10H,9,18H2,1H3. The van der Waals surface area contributed by atoms with Gasteiger partial charge in [0.15, 0.2) is 6.10 Å². The highest BCUT2D eigenvalue weighted by atomic mass is 35.5. The summed E-state index contributed by atoms with van der Waals surface area (Å²) in [6.45, 7) is 2.17. The van der Waals surface area contributed by atoms with E-state index in [1.54, 1.807) is 30.0 Å². The molecule has 108 valence electrons. The number of carbonyl (C=O) groups is 1. The number of nitrogens with two attached hydrogens (primary N) is 1. The molecule has 2 aromatic rings. The third-order valence-corrected chi connectivity index (χ3v) is 3.72. The molecule has 1 amide bonds. The Labute approximate surface area is 128 Å². The largest absolute Gasteiger partial charge is 0.479 e. The zero-order chi connectivity index (χ0) is 15.0. The van der Waals surface area contributed by atoms with Gasteiger partial charge in [0.1, 0.15) is 11.4 Å². The van der Waals surface area contributed by atoms with Crippen LogP contribution in [0, 0.1) is 0 Å². The highest BCUT2D eigenvalue weighted by Crippen LogP contribution is 2.39. The zero-order valence-corrected chi connectivity index (χ0v) is 12.3. The summed E-state index contributed by atoms with van der Waals surface area (Å²) < 4.78 is 5.62. The number of rotatable bonds is 2. The van der Waals surface area contributed by atoms with E-state index < -0.39 is 6.10 Å². The number of nitrogens with zero attached hydrogens (tertiary/aromatic N) is 1. The molecule has 0 bridgehead atoms. The quantitative estimate of drug-likeness (QED) is 0.867. The van der Waals surface area contributed by atoms with E-state index in [2.05, 4.69) is 0 Å². The van der Waals surface area contributed by atoms with Crippen molar-refractivity contribution in [2.75, 3.05) is 10.6 Å². The van der Waals surface area contributed by atoms with Gasteiger partial charge in [-0.3, -0.25) is 9.69 Å². The summed E-state index contributed by atoms with van der Waals surface area (Å²) in [6.07, 6.45) is -0.522. The van der Waals surface area contributed by atoms with Crippen LogP contribution in [0.5, 0.6) is 5.75 Å². The van der Waals surface area contributed by atoms with Gasteiger partial charge in [-0.2, -0.15) is 0 Å². The summed E-state index contributed by atoms with van der Waals surface area (Å²) in [5.41, 5.74) is 8.17. The third kappa shape index (κ3) is 2.54. The fraction of sp³-hybridized carbons (Fsp3) is 0.188. The first-order valence-electron chi connectivity index (χ1n) is 6.67. The van der Waals surface area contributed by atoms with Crippen molar-refractivity contribution in [2.24, 2.45) is 0 Å². The van der Waals surface area contributed by atoms with Crippen LogP contribution in [0.1, 0.15) is 12.5 Å². The van der Waals surface area contributed by atoms with E-state index in [1.165, 1.54) is 0 Å². The molecule has 3 rings (SSSR count). The van der Waals surface area contributed by atoms with Crippen molar-refractivity contribution in [1.82, 2.24) is 0 Å². The second-order valence-electron chi connectivity index (χ2n) is 5.00. The second kappa shape index (κ2) is 5.30. The van der Waals surface area contributed by atoms with Gasteiger partial charge in [-0.15, -0.1) is 0 Å². The highest BCUT2D eigenvalue weighted by Gasteiger charge is 2.32. The van der Waals surface area contributed by atoms with E-state index in [4.69, 9.17) is 22.1 Å². The SMILES string of the molecule is CC1Oc2cccc(N)c2N(Cc2ccc(Cl)cc2)C1=O. The van der Waals surface area contributed by atoms with Crippen LogP contribution >= 0.6 is 11.6 Å². The molecule has 5 heteroatoms. The molecule has 2 aromatic carbocycles. The fourth-order valence-corrected chi connectivity index (χ4v) is 2.55. The Balaban J connectivity index is 2.00. The van der Waals surface area contributed by atoms with Crippen molar-refractivity contribution in [1.29, 1.82) is 0 Å². The molecule has 0 saturated carbocycles. The Kier molecular flexibility index (Phi) is 3.47. The molecule has 1 aliphatic heterocycles. The Hall–Kier alpha value is -2.20. The number of hydrogen-bond donors (Lipinski definition) is 1. The molecule has 0 spiro atoms. The molecule has 0 aliphatic carbocycles. The van der Waals surface area contributed by atoms with E-state index in [1.807, 2.05) is 24.3 Å². The first-order chi connectivity index (χ1) is 10.1. The van der Waals surface area contributed by atoms with Gasteiger partial charge < -0.3 is 10.5 Å². The smallest absolute Gasteiger partial charge is 0.268 e. The summed E-state index contributed by atoms with van der Waals surface area (Å²) >= 11 is 5.89. The predicted octanol–water partition coefficient (Wildman–Crippen LogP) is 3.24. The summed E-state index contributed by atoms with van der Waals surface area (Å²) in [6, 6.07) is 12.8. The van der Waals surface area contributed by atoms with Gasteiger partial charge in [0.25, 0.3) is 5.91 Å². The van der Waals surface area contributed by atoms with Crippen molar-refractivity contribution in [3.63, 3.8) is 0 Å². The topological polar surface area (TPSA) is 55.6 Å². The number of ether oxygens (including phenoxy) is 1. The molecule has 1 unspecified atom stereocenters. The number of fused-ring (bicyclic) bond motifs is 1. The number of hydrogen-bond acceptors (Lipinski definition) is 3. The van der Waals surface area contributed by atoms with Crippen LogP contribution in [0.2, 0.25) is 5.02 Å². The third-order valence-electron chi connectivity index (χ3n) is 3.47. The molecule has 0 saturated heterocycles. The predicted molar refractivity (Wildman–Crippen MR) is 83.6 cm³/mol. The van der Waals surface area contributed by atoms with E-state index >= 15 is 0 Å².